The normalized spacial score (nSPS) is 11.0. The van der Waals surface area contributed by atoms with Gasteiger partial charge in [0.15, 0.2) is 0 Å². The predicted molar refractivity (Wildman–Crippen MR) is 107 cm³/mol. The Morgan fingerprint density at radius 3 is 2.21 bits per heavy atom. The van der Waals surface area contributed by atoms with Crippen molar-refractivity contribution in [1.82, 2.24) is 0 Å². The molecule has 0 saturated heterocycles. The monoisotopic (exact) mass is 442 g/mol. The highest BCUT2D eigenvalue weighted by atomic mass is 35.5. The average Bonchev–Trinajstić information content (AvgIpc) is 2.61. The van der Waals surface area contributed by atoms with Crippen molar-refractivity contribution in [2.45, 2.75) is 6.92 Å². The number of halogens is 1. The zero-order valence-corrected chi connectivity index (χ0v) is 16.7. The first-order valence-electron chi connectivity index (χ1n) is 7.86. The molecule has 0 unspecified atom stereocenters. The van der Waals surface area contributed by atoms with Gasteiger partial charge in [-0.2, -0.15) is 0 Å². The van der Waals surface area contributed by atoms with Gasteiger partial charge in [0, 0.05) is 24.3 Å². The van der Waals surface area contributed by atoms with Crippen LogP contribution in [0.15, 0.2) is 36.4 Å². The van der Waals surface area contributed by atoms with Crippen molar-refractivity contribution in [3.63, 3.8) is 0 Å². The number of amides is 1. The van der Waals surface area contributed by atoms with Gasteiger partial charge in [0.2, 0.25) is 15.9 Å². The third kappa shape index (κ3) is 5.39. The van der Waals surface area contributed by atoms with Gasteiger partial charge in [-0.05, 0) is 18.6 Å². The van der Waals surface area contributed by atoms with E-state index in [0.717, 1.165) is 24.5 Å². The second kappa shape index (κ2) is 8.41. The van der Waals surface area contributed by atoms with E-state index < -0.39 is 32.3 Å². The minimum atomic E-state index is -3.99. The van der Waals surface area contributed by atoms with Gasteiger partial charge in [0.1, 0.15) is 6.54 Å². The van der Waals surface area contributed by atoms with Crippen LogP contribution in [0.2, 0.25) is 5.02 Å². The molecule has 0 aliphatic rings. The molecule has 2 aromatic carbocycles. The van der Waals surface area contributed by atoms with Gasteiger partial charge in [0.25, 0.3) is 11.4 Å². The van der Waals surface area contributed by atoms with E-state index in [4.69, 9.17) is 11.6 Å². The van der Waals surface area contributed by atoms with Crippen LogP contribution in [0.5, 0.6) is 0 Å². The lowest BCUT2D eigenvalue weighted by molar-refractivity contribution is -0.385. The second-order valence-corrected chi connectivity index (χ2v) is 8.28. The average molecular weight is 443 g/mol. The van der Waals surface area contributed by atoms with E-state index in [1.165, 1.54) is 25.1 Å². The Morgan fingerprint density at radius 1 is 1.10 bits per heavy atom. The molecule has 0 saturated carbocycles. The molecule has 0 aromatic heterocycles. The number of nitrogens with zero attached hydrogens (tertiary/aromatic N) is 3. The fraction of sp³-hybridized carbons (Fsp3) is 0.188. The highest BCUT2D eigenvalue weighted by molar-refractivity contribution is 7.92. The molecular formula is C16H15ClN4O7S. The standard InChI is InChI=1S/C16H15ClN4O7S/c1-10-3-4-12(21(25)26)8-15(10)19(29(2,27)28)9-16(22)18-14-7-11(20(23)24)5-6-13(14)17/h3-8H,9H2,1-2H3,(H,18,22). The molecule has 2 rings (SSSR count). The smallest absolute Gasteiger partial charge is 0.271 e. The molecule has 2 aromatic rings. The Balaban J connectivity index is 2.37. The topological polar surface area (TPSA) is 153 Å². The van der Waals surface area contributed by atoms with Gasteiger partial charge in [-0.25, -0.2) is 8.42 Å². The van der Waals surface area contributed by atoms with Crippen molar-refractivity contribution in [1.29, 1.82) is 0 Å². The highest BCUT2D eigenvalue weighted by Gasteiger charge is 2.25. The Bertz CT molecular complexity index is 1100. The predicted octanol–water partition coefficient (Wildman–Crippen LogP) is 2.87. The van der Waals surface area contributed by atoms with Crippen LogP contribution in [0.4, 0.5) is 22.7 Å². The minimum absolute atomic E-state index is 0.0152. The number of nitrogens with one attached hydrogen (secondary N) is 1. The highest BCUT2D eigenvalue weighted by Crippen LogP contribution is 2.29. The zero-order chi connectivity index (χ0) is 21.9. The molecule has 29 heavy (non-hydrogen) atoms. The maximum absolute atomic E-state index is 12.4. The number of nitro groups is 2. The van der Waals surface area contributed by atoms with Gasteiger partial charge in [-0.15, -0.1) is 0 Å². The first kappa shape index (κ1) is 22.0. The molecule has 0 aliphatic heterocycles. The zero-order valence-electron chi connectivity index (χ0n) is 15.2. The Morgan fingerprint density at radius 2 is 1.66 bits per heavy atom. The number of carbonyl (C=O) groups excluding carboxylic acids is 1. The molecule has 0 fully saturated rings. The van der Waals surface area contributed by atoms with Gasteiger partial charge in [0.05, 0.1) is 32.5 Å². The third-order valence-corrected chi connectivity index (χ3v) is 5.25. The number of non-ortho nitro benzene ring substituents is 2. The summed E-state index contributed by atoms with van der Waals surface area (Å²) in [6.07, 6.45) is 0.846. The van der Waals surface area contributed by atoms with E-state index in [0.29, 0.717) is 9.87 Å². The number of sulfonamides is 1. The summed E-state index contributed by atoms with van der Waals surface area (Å²) < 4.78 is 25.2. The summed E-state index contributed by atoms with van der Waals surface area (Å²) in [7, 11) is -3.99. The number of hydrogen-bond acceptors (Lipinski definition) is 7. The van der Waals surface area contributed by atoms with Gasteiger partial charge >= 0.3 is 0 Å². The number of carbonyl (C=O) groups is 1. The lowest BCUT2D eigenvalue weighted by atomic mass is 10.2. The van der Waals surface area contributed by atoms with Crippen LogP contribution in [0, 0.1) is 27.2 Å². The van der Waals surface area contributed by atoms with Crippen LogP contribution in [-0.2, 0) is 14.8 Å². The van der Waals surface area contributed by atoms with Crippen molar-refractivity contribution < 1.29 is 23.1 Å². The maximum Gasteiger partial charge on any atom is 0.271 e. The molecule has 0 spiro atoms. The molecule has 154 valence electrons. The van der Waals surface area contributed by atoms with Crippen LogP contribution in [-0.4, -0.2) is 37.0 Å². The first-order chi connectivity index (χ1) is 13.4. The molecule has 0 aliphatic carbocycles. The Labute approximate surface area is 170 Å². The van der Waals surface area contributed by atoms with Crippen LogP contribution in [0.3, 0.4) is 0 Å². The van der Waals surface area contributed by atoms with E-state index in [9.17, 15) is 33.4 Å². The summed E-state index contributed by atoms with van der Waals surface area (Å²) in [5, 5.41) is 24.2. The fourth-order valence-corrected chi connectivity index (χ4v) is 3.47. The Kier molecular flexibility index (Phi) is 6.39. The molecule has 0 atom stereocenters. The molecule has 13 heteroatoms. The van der Waals surface area contributed by atoms with E-state index in [2.05, 4.69) is 5.32 Å². The fourth-order valence-electron chi connectivity index (χ4n) is 2.40. The summed E-state index contributed by atoms with van der Waals surface area (Å²) >= 11 is 5.93. The summed E-state index contributed by atoms with van der Waals surface area (Å²) in [6.45, 7) is 0.812. The van der Waals surface area contributed by atoms with Crippen LogP contribution >= 0.6 is 11.6 Å². The van der Waals surface area contributed by atoms with Crippen molar-refractivity contribution in [3.05, 3.63) is 67.2 Å². The van der Waals surface area contributed by atoms with E-state index in [-0.39, 0.29) is 27.8 Å². The molecule has 1 amide bonds. The SMILES string of the molecule is Cc1ccc([N+](=O)[O-])cc1N(CC(=O)Nc1cc([N+](=O)[O-])ccc1Cl)S(C)(=O)=O. The number of hydrogen-bond donors (Lipinski definition) is 1. The van der Waals surface area contributed by atoms with Crippen molar-refractivity contribution in [2.24, 2.45) is 0 Å². The van der Waals surface area contributed by atoms with E-state index in [1.54, 1.807) is 0 Å². The summed E-state index contributed by atoms with van der Waals surface area (Å²) in [4.78, 5) is 32.9. The number of benzene rings is 2. The maximum atomic E-state index is 12.4. The molecule has 11 nitrogen and oxygen atoms in total. The molecule has 1 N–H and O–H groups in total. The van der Waals surface area contributed by atoms with E-state index in [1.807, 2.05) is 0 Å². The second-order valence-electron chi connectivity index (χ2n) is 5.97. The van der Waals surface area contributed by atoms with Crippen LogP contribution in [0.25, 0.3) is 0 Å². The van der Waals surface area contributed by atoms with Crippen molar-refractivity contribution in [3.8, 4) is 0 Å². The van der Waals surface area contributed by atoms with Crippen LogP contribution < -0.4 is 9.62 Å². The quantitative estimate of drug-likeness (QED) is 0.510. The lowest BCUT2D eigenvalue weighted by Crippen LogP contribution is -2.38. The number of aryl methyl sites for hydroxylation is 1. The van der Waals surface area contributed by atoms with Gasteiger partial charge in [-0.3, -0.25) is 29.3 Å². The van der Waals surface area contributed by atoms with Crippen molar-refractivity contribution >= 4 is 50.3 Å². The Hall–Kier alpha value is -3.25. The minimum Gasteiger partial charge on any atom is -0.323 e. The molecule has 0 bridgehead atoms. The first-order valence-corrected chi connectivity index (χ1v) is 10.1. The van der Waals surface area contributed by atoms with E-state index >= 15 is 0 Å². The summed E-state index contributed by atoms with van der Waals surface area (Å²) in [5.74, 6) is -0.844. The molecular weight excluding hydrogens is 428 g/mol. The number of anilines is 2. The van der Waals surface area contributed by atoms with Crippen LogP contribution in [0.1, 0.15) is 5.56 Å². The van der Waals surface area contributed by atoms with Crippen molar-refractivity contribution in [2.75, 3.05) is 22.4 Å². The largest absolute Gasteiger partial charge is 0.323 e. The number of nitro benzene ring substituents is 2. The molecule has 0 radical (unpaired) electrons. The number of rotatable bonds is 7. The van der Waals surface area contributed by atoms with Gasteiger partial charge < -0.3 is 5.32 Å². The molecule has 0 heterocycles. The third-order valence-electron chi connectivity index (χ3n) is 3.79. The lowest BCUT2D eigenvalue weighted by Gasteiger charge is -2.23. The summed E-state index contributed by atoms with van der Waals surface area (Å²) in [6, 6.07) is 7.01. The summed E-state index contributed by atoms with van der Waals surface area (Å²) in [5.41, 5.74) is -0.389. The van der Waals surface area contributed by atoms with Gasteiger partial charge in [-0.1, -0.05) is 17.7 Å².